The number of ether oxygens (including phenoxy) is 1. The van der Waals surface area contributed by atoms with E-state index >= 15 is 0 Å². The molecule has 2 rings (SSSR count). The molecular formula is C16H24BN3O4. The first-order chi connectivity index (χ1) is 11.1. The standard InChI is InChI=1S/C16H24BN3O4/c1-7-22-14(21)19-11(2)18-13-10-8-9-12(20-13)17-23-15(3,4)16(5,6)24-17/h8-10H,2,7H2,1,3-6H3,(H,18,20)(H,19,21). The smallest absolute Gasteiger partial charge is 0.450 e. The van der Waals surface area contributed by atoms with Crippen molar-refractivity contribution < 1.29 is 18.8 Å². The van der Waals surface area contributed by atoms with Crippen molar-refractivity contribution in [3.05, 3.63) is 30.6 Å². The maximum Gasteiger partial charge on any atom is 0.514 e. The van der Waals surface area contributed by atoms with Crippen LogP contribution in [0, 0.1) is 0 Å². The third kappa shape index (κ3) is 4.07. The fourth-order valence-corrected chi connectivity index (χ4v) is 2.09. The summed E-state index contributed by atoms with van der Waals surface area (Å²) >= 11 is 0. The summed E-state index contributed by atoms with van der Waals surface area (Å²) in [6.07, 6.45) is -0.572. The van der Waals surface area contributed by atoms with Crippen LogP contribution in [0.25, 0.3) is 0 Å². The van der Waals surface area contributed by atoms with Gasteiger partial charge in [0.2, 0.25) is 0 Å². The molecule has 0 aromatic carbocycles. The lowest BCUT2D eigenvalue weighted by Gasteiger charge is -2.32. The third-order valence-electron chi connectivity index (χ3n) is 4.07. The fourth-order valence-electron chi connectivity index (χ4n) is 2.09. The van der Waals surface area contributed by atoms with Gasteiger partial charge in [0.25, 0.3) is 0 Å². The monoisotopic (exact) mass is 333 g/mol. The van der Waals surface area contributed by atoms with Crippen LogP contribution < -0.4 is 16.2 Å². The highest BCUT2D eigenvalue weighted by Gasteiger charge is 2.52. The summed E-state index contributed by atoms with van der Waals surface area (Å²) in [5.74, 6) is 0.788. The fraction of sp³-hybridized carbons (Fsp3) is 0.500. The number of amides is 1. The Labute approximate surface area is 142 Å². The zero-order chi connectivity index (χ0) is 18.0. The minimum Gasteiger partial charge on any atom is -0.450 e. The molecule has 1 amide bonds. The minimum atomic E-state index is -0.572. The van der Waals surface area contributed by atoms with Crippen LogP contribution in [0.5, 0.6) is 0 Å². The molecule has 0 aliphatic carbocycles. The highest BCUT2D eigenvalue weighted by molar-refractivity contribution is 6.61. The van der Waals surface area contributed by atoms with Gasteiger partial charge < -0.3 is 19.4 Å². The molecular weight excluding hydrogens is 309 g/mol. The van der Waals surface area contributed by atoms with Crippen LogP contribution >= 0.6 is 0 Å². The van der Waals surface area contributed by atoms with Crippen molar-refractivity contribution >= 4 is 24.6 Å². The number of carbonyl (C=O) groups excluding carboxylic acids is 1. The Balaban J connectivity index is 2.05. The van der Waals surface area contributed by atoms with E-state index in [1.54, 1.807) is 13.0 Å². The normalized spacial score (nSPS) is 18.1. The van der Waals surface area contributed by atoms with Crippen LogP contribution in [0.1, 0.15) is 34.6 Å². The van der Waals surface area contributed by atoms with E-state index in [9.17, 15) is 4.79 Å². The van der Waals surface area contributed by atoms with Crippen LogP contribution in [-0.4, -0.2) is 36.0 Å². The Morgan fingerprint density at radius 1 is 1.29 bits per heavy atom. The van der Waals surface area contributed by atoms with Gasteiger partial charge in [0.15, 0.2) is 0 Å². The second-order valence-corrected chi connectivity index (χ2v) is 6.48. The first kappa shape index (κ1) is 18.3. The molecule has 8 heteroatoms. The van der Waals surface area contributed by atoms with Crippen LogP contribution in [0.2, 0.25) is 0 Å². The molecule has 1 aliphatic rings. The Bertz CT molecular complexity index is 618. The second-order valence-electron chi connectivity index (χ2n) is 6.48. The molecule has 1 aromatic rings. The molecule has 1 aromatic heterocycles. The van der Waals surface area contributed by atoms with Crippen molar-refractivity contribution in [1.29, 1.82) is 0 Å². The Morgan fingerprint density at radius 3 is 2.50 bits per heavy atom. The maximum atomic E-state index is 11.4. The summed E-state index contributed by atoms with van der Waals surface area (Å²) in [4.78, 5) is 15.8. The number of pyridine rings is 1. The minimum absolute atomic E-state index is 0.270. The topological polar surface area (TPSA) is 81.7 Å². The predicted octanol–water partition coefficient (Wildman–Crippen LogP) is 2.01. The molecule has 1 fully saturated rings. The zero-order valence-electron chi connectivity index (χ0n) is 14.8. The lowest BCUT2D eigenvalue weighted by atomic mass is 9.84. The summed E-state index contributed by atoms with van der Waals surface area (Å²) in [7, 11) is -0.553. The third-order valence-corrected chi connectivity index (χ3v) is 4.07. The molecule has 0 radical (unpaired) electrons. The maximum absolute atomic E-state index is 11.4. The lowest BCUT2D eigenvalue weighted by Crippen LogP contribution is -2.41. The van der Waals surface area contributed by atoms with Gasteiger partial charge in [-0.15, -0.1) is 0 Å². The van der Waals surface area contributed by atoms with Gasteiger partial charge >= 0.3 is 13.2 Å². The number of carbonyl (C=O) groups is 1. The molecule has 24 heavy (non-hydrogen) atoms. The van der Waals surface area contributed by atoms with Crippen LogP contribution in [0.4, 0.5) is 10.6 Å². The van der Waals surface area contributed by atoms with Gasteiger partial charge in [-0.05, 0) is 46.8 Å². The number of rotatable bonds is 5. The molecule has 0 spiro atoms. The Hall–Kier alpha value is -2.06. The number of hydrogen-bond donors (Lipinski definition) is 2. The van der Waals surface area contributed by atoms with E-state index in [0.717, 1.165) is 0 Å². The van der Waals surface area contributed by atoms with E-state index in [2.05, 4.69) is 22.2 Å². The van der Waals surface area contributed by atoms with E-state index in [1.807, 2.05) is 39.8 Å². The molecule has 130 valence electrons. The average Bonchev–Trinajstić information content (AvgIpc) is 2.67. The van der Waals surface area contributed by atoms with E-state index in [0.29, 0.717) is 11.4 Å². The Morgan fingerprint density at radius 2 is 1.92 bits per heavy atom. The number of alkyl carbamates (subject to hydrolysis) is 1. The molecule has 0 unspecified atom stereocenters. The molecule has 0 saturated carbocycles. The quantitative estimate of drug-likeness (QED) is 0.802. The van der Waals surface area contributed by atoms with E-state index in [1.165, 1.54) is 0 Å². The molecule has 2 N–H and O–H groups in total. The van der Waals surface area contributed by atoms with Crippen LogP contribution in [0.15, 0.2) is 30.6 Å². The van der Waals surface area contributed by atoms with Crippen LogP contribution in [0.3, 0.4) is 0 Å². The van der Waals surface area contributed by atoms with Gasteiger partial charge in [-0.1, -0.05) is 12.6 Å². The molecule has 7 nitrogen and oxygen atoms in total. The summed E-state index contributed by atoms with van der Waals surface area (Å²) < 4.78 is 16.8. The van der Waals surface area contributed by atoms with Gasteiger partial charge in [-0.3, -0.25) is 5.32 Å². The largest absolute Gasteiger partial charge is 0.514 e. The first-order valence-corrected chi connectivity index (χ1v) is 7.87. The number of nitrogens with one attached hydrogen (secondary N) is 2. The summed E-state index contributed by atoms with van der Waals surface area (Å²) in [5, 5.41) is 5.38. The van der Waals surface area contributed by atoms with Gasteiger partial charge in [-0.2, -0.15) is 0 Å². The van der Waals surface area contributed by atoms with Crippen molar-refractivity contribution in [3.8, 4) is 0 Å². The molecule has 1 saturated heterocycles. The first-order valence-electron chi connectivity index (χ1n) is 7.87. The highest BCUT2D eigenvalue weighted by Crippen LogP contribution is 2.36. The van der Waals surface area contributed by atoms with Crippen molar-refractivity contribution in [2.24, 2.45) is 0 Å². The van der Waals surface area contributed by atoms with Crippen LogP contribution in [-0.2, 0) is 14.0 Å². The number of nitrogens with zero attached hydrogens (tertiary/aromatic N) is 1. The summed E-state index contributed by atoms with van der Waals surface area (Å²) in [5.41, 5.74) is -0.224. The van der Waals surface area contributed by atoms with E-state index < -0.39 is 24.4 Å². The zero-order valence-corrected chi connectivity index (χ0v) is 14.8. The molecule has 1 aliphatic heterocycles. The van der Waals surface area contributed by atoms with Gasteiger partial charge in [-0.25, -0.2) is 9.78 Å². The summed E-state index contributed by atoms with van der Waals surface area (Å²) in [6, 6.07) is 5.41. The second kappa shape index (κ2) is 6.82. The van der Waals surface area contributed by atoms with Crippen molar-refractivity contribution in [2.45, 2.75) is 45.8 Å². The van der Waals surface area contributed by atoms with Crippen molar-refractivity contribution in [1.82, 2.24) is 10.3 Å². The summed E-state index contributed by atoms with van der Waals surface area (Å²) in [6.45, 7) is 13.7. The van der Waals surface area contributed by atoms with Crippen molar-refractivity contribution in [3.63, 3.8) is 0 Å². The highest BCUT2D eigenvalue weighted by atomic mass is 16.7. The lowest BCUT2D eigenvalue weighted by molar-refractivity contribution is 0.00578. The number of anilines is 1. The average molecular weight is 333 g/mol. The molecule has 0 atom stereocenters. The SMILES string of the molecule is C=C(NC(=O)OCC)Nc1cccc(B2OC(C)(C)C(C)(C)O2)n1. The number of hydrogen-bond acceptors (Lipinski definition) is 6. The van der Waals surface area contributed by atoms with Gasteiger partial charge in [0, 0.05) is 0 Å². The van der Waals surface area contributed by atoms with Crippen molar-refractivity contribution in [2.75, 3.05) is 11.9 Å². The van der Waals surface area contributed by atoms with Gasteiger partial charge in [0.05, 0.1) is 23.4 Å². The van der Waals surface area contributed by atoms with E-state index in [4.69, 9.17) is 14.0 Å². The predicted molar refractivity (Wildman–Crippen MR) is 92.9 cm³/mol. The number of aromatic nitrogens is 1. The van der Waals surface area contributed by atoms with Gasteiger partial charge in [0.1, 0.15) is 11.6 Å². The molecule has 2 heterocycles. The Kier molecular flexibility index (Phi) is 5.20. The van der Waals surface area contributed by atoms with E-state index in [-0.39, 0.29) is 12.4 Å². The molecule has 0 bridgehead atoms.